The van der Waals surface area contributed by atoms with Crippen molar-refractivity contribution in [2.24, 2.45) is 0 Å². The fourth-order valence-electron chi connectivity index (χ4n) is 3.30. The maximum absolute atomic E-state index is 12.4. The van der Waals surface area contributed by atoms with Crippen molar-refractivity contribution in [1.29, 1.82) is 0 Å². The smallest absolute Gasteiger partial charge is 0.270 e. The van der Waals surface area contributed by atoms with E-state index in [2.05, 4.69) is 48.5 Å². The molecule has 6 nitrogen and oxygen atoms in total. The minimum atomic E-state index is -0.266. The lowest BCUT2D eigenvalue weighted by Gasteiger charge is -2.14. The van der Waals surface area contributed by atoms with Crippen LogP contribution < -0.4 is 15.4 Å². The molecule has 33 heavy (non-hydrogen) atoms. The fraction of sp³-hybridized carbons (Fsp3) is 0.346. The first kappa shape index (κ1) is 24.5. The summed E-state index contributed by atoms with van der Waals surface area (Å²) in [5, 5.41) is 8.07. The average Bonchev–Trinajstić information content (AvgIpc) is 3.29. The average molecular weight is 466 g/mol. The molecule has 0 bridgehead atoms. The molecule has 174 valence electrons. The van der Waals surface area contributed by atoms with E-state index in [1.807, 2.05) is 37.3 Å². The highest BCUT2D eigenvalue weighted by Gasteiger charge is 2.13. The molecule has 0 radical (unpaired) electrons. The van der Waals surface area contributed by atoms with E-state index in [9.17, 15) is 9.59 Å². The van der Waals surface area contributed by atoms with Crippen LogP contribution in [0.1, 0.15) is 69.2 Å². The van der Waals surface area contributed by atoms with Crippen LogP contribution in [0, 0.1) is 6.92 Å². The number of nitrogens with zero attached hydrogens (tertiary/aromatic N) is 1. The highest BCUT2D eigenvalue weighted by molar-refractivity contribution is 7.09. The van der Waals surface area contributed by atoms with E-state index in [-0.39, 0.29) is 11.8 Å². The van der Waals surface area contributed by atoms with Crippen LogP contribution in [0.25, 0.3) is 0 Å². The molecule has 2 N–H and O–H groups in total. The van der Waals surface area contributed by atoms with Gasteiger partial charge in [-0.3, -0.25) is 9.59 Å². The molecule has 1 heterocycles. The van der Waals surface area contributed by atoms with Crippen molar-refractivity contribution >= 4 is 23.2 Å². The van der Waals surface area contributed by atoms with Gasteiger partial charge in [0.15, 0.2) is 0 Å². The van der Waals surface area contributed by atoms with Gasteiger partial charge in [0.05, 0.1) is 0 Å². The summed E-state index contributed by atoms with van der Waals surface area (Å²) in [6.45, 7) is 9.35. The highest BCUT2D eigenvalue weighted by Crippen LogP contribution is 2.28. The van der Waals surface area contributed by atoms with Gasteiger partial charge < -0.3 is 15.4 Å². The monoisotopic (exact) mass is 465 g/mol. The number of thiazole rings is 1. The molecule has 0 fully saturated rings. The van der Waals surface area contributed by atoms with Crippen LogP contribution in [0.4, 0.5) is 0 Å². The van der Waals surface area contributed by atoms with E-state index < -0.39 is 0 Å². The Morgan fingerprint density at radius 1 is 1.03 bits per heavy atom. The van der Waals surface area contributed by atoms with Gasteiger partial charge in [0.1, 0.15) is 23.1 Å². The first-order valence-electron chi connectivity index (χ1n) is 11.2. The summed E-state index contributed by atoms with van der Waals surface area (Å²) in [5.74, 6) is 0.787. The first-order valence-corrected chi connectivity index (χ1v) is 12.1. The Balaban J connectivity index is 1.45. The quantitative estimate of drug-likeness (QED) is 0.419. The summed E-state index contributed by atoms with van der Waals surface area (Å²) in [6.07, 6.45) is 0.934. The number of hydrogen-bond donors (Lipinski definition) is 2. The van der Waals surface area contributed by atoms with E-state index in [0.717, 1.165) is 28.3 Å². The summed E-state index contributed by atoms with van der Waals surface area (Å²) >= 11 is 1.39. The minimum absolute atomic E-state index is 0.156. The van der Waals surface area contributed by atoms with Gasteiger partial charge in [-0.05, 0) is 54.2 Å². The molecule has 7 heteroatoms. The molecule has 2 aromatic carbocycles. The molecule has 0 spiro atoms. The van der Waals surface area contributed by atoms with Gasteiger partial charge in [-0.15, -0.1) is 11.3 Å². The van der Waals surface area contributed by atoms with Gasteiger partial charge in [0.2, 0.25) is 0 Å². The van der Waals surface area contributed by atoms with E-state index in [1.54, 1.807) is 5.38 Å². The zero-order valence-corrected chi connectivity index (χ0v) is 20.4. The number of hydrogen-bond acceptors (Lipinski definition) is 5. The lowest BCUT2D eigenvalue weighted by molar-refractivity contribution is 0.0925. The number of nitrogens with one attached hydrogen (secondary N) is 2. The zero-order valence-electron chi connectivity index (χ0n) is 19.6. The number of amides is 2. The molecule has 0 aliphatic rings. The normalized spacial score (nSPS) is 10.8. The second-order valence-corrected chi connectivity index (χ2v) is 9.12. The number of aryl methyl sites for hydroxylation is 2. The molecule has 0 aliphatic carbocycles. The predicted octanol–water partition coefficient (Wildman–Crippen LogP) is 4.88. The molecular weight excluding hydrogens is 434 g/mol. The van der Waals surface area contributed by atoms with Crippen LogP contribution in [0.3, 0.4) is 0 Å². The van der Waals surface area contributed by atoms with Gasteiger partial charge in [0, 0.05) is 24.0 Å². The second kappa shape index (κ2) is 11.6. The second-order valence-electron chi connectivity index (χ2n) is 8.17. The Hall–Kier alpha value is -3.19. The molecule has 0 aliphatic heterocycles. The van der Waals surface area contributed by atoms with Crippen molar-refractivity contribution in [3.63, 3.8) is 0 Å². The number of carbonyl (C=O) groups is 2. The fourth-order valence-corrected chi connectivity index (χ4v) is 3.99. The Morgan fingerprint density at radius 3 is 2.39 bits per heavy atom. The van der Waals surface area contributed by atoms with Crippen LogP contribution in [-0.4, -0.2) is 29.9 Å². The topological polar surface area (TPSA) is 80.3 Å². The SMILES string of the molecule is CCc1ccc(C(=O)NCCNC(=O)c2csc(COc3cc(C)ccc3C(C)C)n2)cc1. The third kappa shape index (κ3) is 6.89. The number of rotatable bonds is 10. The molecule has 3 aromatic rings. The van der Waals surface area contributed by atoms with Crippen molar-refractivity contribution in [2.75, 3.05) is 13.1 Å². The van der Waals surface area contributed by atoms with Crippen LogP contribution in [-0.2, 0) is 13.0 Å². The van der Waals surface area contributed by atoms with Crippen LogP contribution in [0.2, 0.25) is 0 Å². The van der Waals surface area contributed by atoms with Crippen molar-refractivity contribution in [2.45, 2.75) is 46.6 Å². The van der Waals surface area contributed by atoms with Crippen LogP contribution in [0.5, 0.6) is 5.75 Å². The molecule has 0 saturated heterocycles. The number of ether oxygens (including phenoxy) is 1. The minimum Gasteiger partial charge on any atom is -0.486 e. The standard InChI is InChI=1S/C26H31N3O3S/c1-5-19-7-9-20(10-8-19)25(30)27-12-13-28-26(31)22-16-33-24(29-22)15-32-23-14-18(4)6-11-21(23)17(2)3/h6-11,14,16-17H,5,12-13,15H2,1-4H3,(H,27,30)(H,28,31). The molecular formula is C26H31N3O3S. The van der Waals surface area contributed by atoms with E-state index >= 15 is 0 Å². The summed E-state index contributed by atoms with van der Waals surface area (Å²) in [5.41, 5.74) is 4.44. The summed E-state index contributed by atoms with van der Waals surface area (Å²) in [7, 11) is 0. The Bertz CT molecular complexity index is 1090. The van der Waals surface area contributed by atoms with E-state index in [4.69, 9.17) is 4.74 Å². The van der Waals surface area contributed by atoms with Crippen molar-refractivity contribution < 1.29 is 14.3 Å². The number of carbonyl (C=O) groups excluding carboxylic acids is 2. The maximum atomic E-state index is 12.4. The van der Waals surface area contributed by atoms with Crippen molar-refractivity contribution in [3.05, 3.63) is 80.8 Å². The number of aromatic nitrogens is 1. The van der Waals surface area contributed by atoms with E-state index in [0.29, 0.717) is 36.9 Å². The lowest BCUT2D eigenvalue weighted by atomic mass is 10.0. The molecule has 2 amide bonds. The van der Waals surface area contributed by atoms with Gasteiger partial charge in [-0.1, -0.05) is 45.0 Å². The summed E-state index contributed by atoms with van der Waals surface area (Å²) in [6, 6.07) is 13.7. The predicted molar refractivity (Wildman–Crippen MR) is 132 cm³/mol. The summed E-state index contributed by atoms with van der Waals surface area (Å²) in [4.78, 5) is 29.0. The largest absolute Gasteiger partial charge is 0.486 e. The van der Waals surface area contributed by atoms with Crippen molar-refractivity contribution in [1.82, 2.24) is 15.6 Å². The molecule has 0 unspecified atom stereocenters. The summed E-state index contributed by atoms with van der Waals surface area (Å²) < 4.78 is 6.01. The first-order chi connectivity index (χ1) is 15.9. The molecule has 0 saturated carbocycles. The maximum Gasteiger partial charge on any atom is 0.270 e. The van der Waals surface area contributed by atoms with Crippen molar-refractivity contribution in [3.8, 4) is 5.75 Å². The zero-order chi connectivity index (χ0) is 23.8. The molecule has 0 atom stereocenters. The Kier molecular flexibility index (Phi) is 8.60. The van der Waals surface area contributed by atoms with Gasteiger partial charge in [-0.2, -0.15) is 0 Å². The van der Waals surface area contributed by atoms with Gasteiger partial charge in [0.25, 0.3) is 11.8 Å². The lowest BCUT2D eigenvalue weighted by Crippen LogP contribution is -2.34. The van der Waals surface area contributed by atoms with Gasteiger partial charge in [-0.25, -0.2) is 4.98 Å². The van der Waals surface area contributed by atoms with Crippen LogP contribution >= 0.6 is 11.3 Å². The van der Waals surface area contributed by atoms with Gasteiger partial charge >= 0.3 is 0 Å². The Labute approximate surface area is 199 Å². The highest BCUT2D eigenvalue weighted by atomic mass is 32.1. The third-order valence-electron chi connectivity index (χ3n) is 5.25. The van der Waals surface area contributed by atoms with E-state index in [1.165, 1.54) is 16.9 Å². The Morgan fingerprint density at radius 2 is 1.73 bits per heavy atom. The third-order valence-corrected chi connectivity index (χ3v) is 6.07. The molecule has 3 rings (SSSR count). The number of benzene rings is 2. The molecule has 1 aromatic heterocycles. The van der Waals surface area contributed by atoms with Crippen LogP contribution in [0.15, 0.2) is 47.8 Å².